The van der Waals surface area contributed by atoms with Crippen LogP contribution in [0.15, 0.2) is 42.5 Å². The van der Waals surface area contributed by atoms with Crippen molar-refractivity contribution in [2.24, 2.45) is 0 Å². The first-order valence-electron chi connectivity index (χ1n) is 9.75. The van der Waals surface area contributed by atoms with Crippen LogP contribution in [0, 0.1) is 0 Å². The van der Waals surface area contributed by atoms with E-state index < -0.39 is 5.97 Å². The zero-order valence-electron chi connectivity index (χ0n) is 16.8. The Hall–Kier alpha value is -2.29. The van der Waals surface area contributed by atoms with Crippen LogP contribution < -0.4 is 4.74 Å². The lowest BCUT2D eigenvalue weighted by Crippen LogP contribution is -2.33. The number of carboxylic acids is 1. The Morgan fingerprint density at radius 2 is 1.52 bits per heavy atom. The highest BCUT2D eigenvalue weighted by Gasteiger charge is 2.36. The van der Waals surface area contributed by atoms with E-state index in [1.807, 2.05) is 24.3 Å². The Morgan fingerprint density at radius 3 is 2.15 bits per heavy atom. The number of aryl methyl sites for hydroxylation is 1. The highest BCUT2D eigenvalue weighted by Crippen LogP contribution is 2.45. The molecule has 0 spiro atoms. The second-order valence-electron chi connectivity index (χ2n) is 8.97. The number of fused-ring (bicyclic) bond motifs is 1. The third kappa shape index (κ3) is 4.52. The SMILES string of the molecule is CC1(C)CCC(C)(C)c2cc(COc3ccc(CCC(=O)O)cc3)ccc21. The van der Waals surface area contributed by atoms with Gasteiger partial charge in [-0.2, -0.15) is 0 Å². The van der Waals surface area contributed by atoms with Crippen molar-refractivity contribution in [1.29, 1.82) is 0 Å². The fraction of sp³-hybridized carbons (Fsp3) is 0.458. The van der Waals surface area contributed by atoms with Crippen molar-refractivity contribution in [2.75, 3.05) is 0 Å². The molecule has 0 heterocycles. The van der Waals surface area contributed by atoms with Gasteiger partial charge in [0.05, 0.1) is 0 Å². The van der Waals surface area contributed by atoms with Gasteiger partial charge < -0.3 is 9.84 Å². The maximum atomic E-state index is 10.7. The van der Waals surface area contributed by atoms with Gasteiger partial charge in [0.25, 0.3) is 0 Å². The van der Waals surface area contributed by atoms with Gasteiger partial charge >= 0.3 is 5.97 Å². The van der Waals surface area contributed by atoms with E-state index >= 15 is 0 Å². The minimum atomic E-state index is -0.770. The summed E-state index contributed by atoms with van der Waals surface area (Å²) in [7, 11) is 0. The summed E-state index contributed by atoms with van der Waals surface area (Å²) in [5, 5.41) is 8.77. The molecule has 0 aliphatic heterocycles. The van der Waals surface area contributed by atoms with Crippen LogP contribution in [0.4, 0.5) is 0 Å². The topological polar surface area (TPSA) is 46.5 Å². The quantitative estimate of drug-likeness (QED) is 0.720. The van der Waals surface area contributed by atoms with Gasteiger partial charge in [-0.3, -0.25) is 4.79 Å². The molecule has 2 aromatic rings. The van der Waals surface area contributed by atoms with Gasteiger partial charge in [-0.1, -0.05) is 58.0 Å². The van der Waals surface area contributed by atoms with Crippen LogP contribution >= 0.6 is 0 Å². The smallest absolute Gasteiger partial charge is 0.303 e. The van der Waals surface area contributed by atoms with Crippen molar-refractivity contribution in [1.82, 2.24) is 0 Å². The van der Waals surface area contributed by atoms with E-state index in [1.165, 1.54) is 29.5 Å². The number of ether oxygens (including phenoxy) is 1. The lowest BCUT2D eigenvalue weighted by molar-refractivity contribution is -0.136. The van der Waals surface area contributed by atoms with E-state index in [9.17, 15) is 4.79 Å². The van der Waals surface area contributed by atoms with E-state index in [-0.39, 0.29) is 17.3 Å². The number of hydrogen-bond acceptors (Lipinski definition) is 2. The molecule has 144 valence electrons. The Morgan fingerprint density at radius 1 is 0.926 bits per heavy atom. The van der Waals surface area contributed by atoms with Crippen molar-refractivity contribution >= 4 is 5.97 Å². The van der Waals surface area contributed by atoms with Crippen molar-refractivity contribution in [2.45, 2.75) is 70.8 Å². The molecule has 3 rings (SSSR count). The molecular formula is C24H30O3. The van der Waals surface area contributed by atoms with E-state index in [1.54, 1.807) is 0 Å². The fourth-order valence-electron chi connectivity index (χ4n) is 3.90. The van der Waals surface area contributed by atoms with Crippen LogP contribution in [0.3, 0.4) is 0 Å². The van der Waals surface area contributed by atoms with Gasteiger partial charge in [0.15, 0.2) is 0 Å². The molecule has 3 heteroatoms. The summed E-state index contributed by atoms with van der Waals surface area (Å²) < 4.78 is 5.97. The Balaban J connectivity index is 1.69. The molecule has 3 nitrogen and oxygen atoms in total. The monoisotopic (exact) mass is 366 g/mol. The molecule has 0 fully saturated rings. The molecule has 27 heavy (non-hydrogen) atoms. The third-order valence-corrected chi connectivity index (χ3v) is 5.87. The minimum absolute atomic E-state index is 0.154. The molecule has 0 radical (unpaired) electrons. The summed E-state index contributed by atoms with van der Waals surface area (Å²) in [6, 6.07) is 14.5. The summed E-state index contributed by atoms with van der Waals surface area (Å²) in [5.74, 6) is 0.0419. The van der Waals surface area contributed by atoms with Crippen molar-refractivity contribution in [3.8, 4) is 5.75 Å². The Bertz CT molecular complexity index is 816. The highest BCUT2D eigenvalue weighted by molar-refractivity contribution is 5.67. The van der Waals surface area contributed by atoms with Crippen molar-refractivity contribution in [3.05, 3.63) is 64.7 Å². The molecule has 0 bridgehead atoms. The maximum Gasteiger partial charge on any atom is 0.303 e. The van der Waals surface area contributed by atoms with Gasteiger partial charge in [0.1, 0.15) is 12.4 Å². The summed E-state index contributed by atoms with van der Waals surface area (Å²) in [5.41, 5.74) is 5.55. The number of aliphatic carboxylic acids is 1. The lowest BCUT2D eigenvalue weighted by Gasteiger charge is -2.42. The first-order valence-corrected chi connectivity index (χ1v) is 9.75. The molecule has 2 aromatic carbocycles. The van der Waals surface area contributed by atoms with E-state index in [4.69, 9.17) is 9.84 Å². The summed E-state index contributed by atoms with van der Waals surface area (Å²) >= 11 is 0. The van der Waals surface area contributed by atoms with Crippen molar-refractivity contribution < 1.29 is 14.6 Å². The van der Waals surface area contributed by atoms with Crippen LogP contribution in [-0.2, 0) is 28.7 Å². The Kier molecular flexibility index (Phi) is 5.32. The molecule has 0 amide bonds. The number of benzene rings is 2. The van der Waals surface area contributed by atoms with Gasteiger partial charge in [-0.15, -0.1) is 0 Å². The molecule has 1 N–H and O–H groups in total. The largest absolute Gasteiger partial charge is 0.489 e. The highest BCUT2D eigenvalue weighted by atomic mass is 16.5. The van der Waals surface area contributed by atoms with Gasteiger partial charge in [-0.05, 0) is 64.5 Å². The fourth-order valence-corrected chi connectivity index (χ4v) is 3.90. The number of carboxylic acid groups (broad SMARTS) is 1. The second-order valence-corrected chi connectivity index (χ2v) is 8.97. The lowest BCUT2D eigenvalue weighted by atomic mass is 9.63. The average molecular weight is 367 g/mol. The van der Waals surface area contributed by atoms with Crippen molar-refractivity contribution in [3.63, 3.8) is 0 Å². The predicted octanol–water partition coefficient (Wildman–Crippen LogP) is 5.63. The summed E-state index contributed by atoms with van der Waals surface area (Å²) in [4.78, 5) is 10.7. The van der Waals surface area contributed by atoms with E-state index in [2.05, 4.69) is 45.9 Å². The number of carbonyl (C=O) groups is 1. The van der Waals surface area contributed by atoms with Gasteiger partial charge in [0, 0.05) is 6.42 Å². The molecule has 0 unspecified atom stereocenters. The van der Waals surface area contributed by atoms with E-state index in [0.717, 1.165) is 11.3 Å². The first kappa shape index (κ1) is 19.5. The molecule has 0 saturated carbocycles. The molecular weight excluding hydrogens is 336 g/mol. The number of hydrogen-bond donors (Lipinski definition) is 1. The summed E-state index contributed by atoms with van der Waals surface area (Å²) in [6.45, 7) is 9.88. The average Bonchev–Trinajstić information content (AvgIpc) is 2.63. The third-order valence-electron chi connectivity index (χ3n) is 5.87. The second kappa shape index (κ2) is 7.38. The molecule has 0 saturated heterocycles. The van der Waals surface area contributed by atoms with Crippen LogP contribution in [0.5, 0.6) is 5.75 Å². The molecule has 0 aromatic heterocycles. The van der Waals surface area contributed by atoms with E-state index in [0.29, 0.717) is 13.0 Å². The van der Waals surface area contributed by atoms with Crippen LogP contribution in [0.25, 0.3) is 0 Å². The molecule has 0 atom stereocenters. The van der Waals surface area contributed by atoms with Gasteiger partial charge in [-0.25, -0.2) is 0 Å². The maximum absolute atomic E-state index is 10.7. The Labute approximate surface area is 162 Å². The van der Waals surface area contributed by atoms with Crippen LogP contribution in [0.1, 0.15) is 69.2 Å². The predicted molar refractivity (Wildman–Crippen MR) is 108 cm³/mol. The van der Waals surface area contributed by atoms with Crippen LogP contribution in [-0.4, -0.2) is 11.1 Å². The standard InChI is InChI=1S/C24H30O3/c1-23(2)13-14-24(3,4)21-15-18(7-11-20(21)23)16-27-19-9-5-17(6-10-19)8-12-22(25)26/h5-7,9-11,15H,8,12-14,16H2,1-4H3,(H,25,26). The zero-order valence-corrected chi connectivity index (χ0v) is 16.8. The van der Waals surface area contributed by atoms with Gasteiger partial charge in [0.2, 0.25) is 0 Å². The van der Waals surface area contributed by atoms with Crippen LogP contribution in [0.2, 0.25) is 0 Å². The normalized spacial score (nSPS) is 17.2. The molecule has 1 aliphatic carbocycles. The minimum Gasteiger partial charge on any atom is -0.489 e. The summed E-state index contributed by atoms with van der Waals surface area (Å²) in [6.07, 6.45) is 3.12. The first-order chi connectivity index (χ1) is 12.7. The zero-order chi connectivity index (χ0) is 19.7. The number of rotatable bonds is 6. The molecule has 1 aliphatic rings.